The minimum Gasteiger partial charge on any atom is -0.374 e. The van der Waals surface area contributed by atoms with E-state index in [2.05, 4.69) is 25.6 Å². The van der Waals surface area contributed by atoms with Gasteiger partial charge < -0.3 is 20.4 Å². The average Bonchev–Trinajstić information content (AvgIpc) is 3.44. The molecule has 1 atom stereocenters. The molecule has 9 nitrogen and oxygen atoms in total. The summed E-state index contributed by atoms with van der Waals surface area (Å²) in [5, 5.41) is 6.80. The molecule has 3 aromatic rings. The molecule has 0 saturated carbocycles. The summed E-state index contributed by atoms with van der Waals surface area (Å²) in [7, 11) is 0. The number of benzene rings is 2. The largest absolute Gasteiger partial charge is 0.374 e. The number of anilines is 2. The van der Waals surface area contributed by atoms with E-state index in [1.807, 2.05) is 42.5 Å². The zero-order chi connectivity index (χ0) is 24.2. The molecule has 1 unspecified atom stereocenters. The fourth-order valence-electron chi connectivity index (χ4n) is 4.06. The van der Waals surface area contributed by atoms with Gasteiger partial charge in [-0.15, -0.1) is 0 Å². The summed E-state index contributed by atoms with van der Waals surface area (Å²) >= 11 is 5.97. The third-order valence-corrected chi connectivity index (χ3v) is 6.26. The van der Waals surface area contributed by atoms with Crippen LogP contribution in [-0.4, -0.2) is 76.7 Å². The van der Waals surface area contributed by atoms with E-state index in [1.54, 1.807) is 34.5 Å². The van der Waals surface area contributed by atoms with Crippen LogP contribution < -0.4 is 10.6 Å². The second-order valence-electron chi connectivity index (χ2n) is 8.29. The number of aromatic nitrogens is 2. The molecule has 0 radical (unpaired) electrons. The monoisotopic (exact) mass is 489 g/mol. The molecular formula is C25H24ClN7O2. The third-order valence-electron chi connectivity index (χ3n) is 6.00. The fourth-order valence-corrected chi connectivity index (χ4v) is 4.19. The van der Waals surface area contributed by atoms with Gasteiger partial charge in [-0.1, -0.05) is 23.7 Å². The number of nitrogens with zero attached hydrogens (tertiary/aromatic N) is 5. The Kier molecular flexibility index (Phi) is 6.58. The van der Waals surface area contributed by atoms with Gasteiger partial charge in [0.1, 0.15) is 6.04 Å². The van der Waals surface area contributed by atoms with Gasteiger partial charge in [-0.05, 0) is 42.5 Å². The molecule has 178 valence electrons. The van der Waals surface area contributed by atoms with Gasteiger partial charge in [0.25, 0.3) is 5.91 Å². The smallest absolute Gasteiger partial charge is 0.253 e. The Hall–Kier alpha value is -3.98. The first-order valence-electron chi connectivity index (χ1n) is 11.4. The van der Waals surface area contributed by atoms with Crippen LogP contribution in [0.5, 0.6) is 0 Å². The number of piperazine rings is 1. The lowest BCUT2D eigenvalue weighted by Crippen LogP contribution is -2.53. The molecule has 0 spiro atoms. The highest BCUT2D eigenvalue weighted by Gasteiger charge is 2.29. The van der Waals surface area contributed by atoms with E-state index in [9.17, 15) is 9.59 Å². The lowest BCUT2D eigenvalue weighted by Gasteiger charge is -2.35. The van der Waals surface area contributed by atoms with E-state index in [1.165, 1.54) is 0 Å². The summed E-state index contributed by atoms with van der Waals surface area (Å²) in [6.45, 7) is 2.56. The van der Waals surface area contributed by atoms with Crippen molar-refractivity contribution in [3.63, 3.8) is 0 Å². The predicted molar refractivity (Wildman–Crippen MR) is 135 cm³/mol. The average molecular weight is 490 g/mol. The van der Waals surface area contributed by atoms with E-state index in [4.69, 9.17) is 11.6 Å². The number of hydrogen-bond acceptors (Lipinski definition) is 7. The number of aliphatic imine (C=N–C) groups is 1. The Morgan fingerprint density at radius 3 is 2.34 bits per heavy atom. The first-order valence-corrected chi connectivity index (χ1v) is 11.7. The molecule has 2 amide bonds. The molecule has 1 aromatic heterocycles. The topological polar surface area (TPSA) is 103 Å². The number of carbonyl (C=O) groups is 2. The zero-order valence-electron chi connectivity index (χ0n) is 18.9. The summed E-state index contributed by atoms with van der Waals surface area (Å²) in [4.78, 5) is 42.0. The van der Waals surface area contributed by atoms with E-state index < -0.39 is 0 Å². The molecule has 10 heteroatoms. The molecule has 1 fully saturated rings. The van der Waals surface area contributed by atoms with Crippen LogP contribution in [0.15, 0.2) is 65.8 Å². The molecular weight excluding hydrogens is 466 g/mol. The summed E-state index contributed by atoms with van der Waals surface area (Å²) in [6, 6.07) is 16.2. The molecule has 0 bridgehead atoms. The van der Waals surface area contributed by atoms with Crippen LogP contribution in [0.3, 0.4) is 0 Å². The molecule has 2 N–H and O–H groups in total. The van der Waals surface area contributed by atoms with Gasteiger partial charge >= 0.3 is 0 Å². The van der Waals surface area contributed by atoms with Crippen molar-refractivity contribution in [2.24, 2.45) is 4.99 Å². The fraction of sp³-hybridized carbons (Fsp3) is 0.240. The minimum atomic E-state index is -0.354. The van der Waals surface area contributed by atoms with Gasteiger partial charge in [-0.2, -0.15) is 0 Å². The van der Waals surface area contributed by atoms with Crippen LogP contribution in [0.4, 0.5) is 11.6 Å². The van der Waals surface area contributed by atoms with Crippen LogP contribution in [0.25, 0.3) is 11.3 Å². The predicted octanol–water partition coefficient (Wildman–Crippen LogP) is 2.83. The van der Waals surface area contributed by atoms with E-state index in [0.717, 1.165) is 16.9 Å². The van der Waals surface area contributed by atoms with Crippen molar-refractivity contribution in [1.29, 1.82) is 0 Å². The number of carbonyl (C=O) groups excluding carboxylic acids is 2. The Morgan fingerprint density at radius 1 is 0.943 bits per heavy atom. The summed E-state index contributed by atoms with van der Waals surface area (Å²) in [6.07, 6.45) is 3.26. The van der Waals surface area contributed by atoms with Crippen molar-refractivity contribution in [1.82, 2.24) is 25.1 Å². The van der Waals surface area contributed by atoms with Crippen molar-refractivity contribution in [2.75, 3.05) is 38.0 Å². The van der Waals surface area contributed by atoms with Crippen LogP contribution in [0.1, 0.15) is 10.4 Å². The highest BCUT2D eigenvalue weighted by molar-refractivity contribution is 6.30. The first-order chi connectivity index (χ1) is 17.1. The van der Waals surface area contributed by atoms with Gasteiger partial charge in [0, 0.05) is 60.8 Å². The second-order valence-corrected chi connectivity index (χ2v) is 8.73. The number of hydrogen-bond donors (Lipinski definition) is 2. The quantitative estimate of drug-likeness (QED) is 0.571. The summed E-state index contributed by atoms with van der Waals surface area (Å²) in [5.74, 6) is 0.417. The number of halogens is 1. The highest BCUT2D eigenvalue weighted by atomic mass is 35.5. The Balaban J connectivity index is 1.18. The number of amides is 2. The van der Waals surface area contributed by atoms with Crippen LogP contribution in [0, 0.1) is 0 Å². The summed E-state index contributed by atoms with van der Waals surface area (Å²) in [5.41, 5.74) is 3.08. The molecule has 2 aliphatic heterocycles. The molecule has 0 aliphatic carbocycles. The van der Waals surface area contributed by atoms with Gasteiger partial charge in [-0.25, -0.2) is 9.97 Å². The number of rotatable bonds is 5. The first kappa shape index (κ1) is 22.8. The van der Waals surface area contributed by atoms with Crippen molar-refractivity contribution >= 4 is 41.4 Å². The Bertz CT molecular complexity index is 1240. The van der Waals surface area contributed by atoms with Crippen LogP contribution in [-0.2, 0) is 4.79 Å². The molecule has 35 heavy (non-hydrogen) atoms. The lowest BCUT2D eigenvalue weighted by molar-refractivity contribution is -0.133. The lowest BCUT2D eigenvalue weighted by atomic mass is 10.1. The van der Waals surface area contributed by atoms with Crippen LogP contribution in [0.2, 0.25) is 5.02 Å². The maximum absolute atomic E-state index is 13.0. The molecule has 2 aliphatic rings. The second kappa shape index (κ2) is 10.1. The van der Waals surface area contributed by atoms with Gasteiger partial charge in [0.15, 0.2) is 0 Å². The van der Waals surface area contributed by atoms with Crippen molar-refractivity contribution < 1.29 is 9.59 Å². The number of nitrogens with one attached hydrogen (secondary N) is 2. The van der Waals surface area contributed by atoms with Crippen molar-refractivity contribution in [2.45, 2.75) is 6.04 Å². The Labute approximate surface area is 207 Å². The minimum absolute atomic E-state index is 0.0103. The van der Waals surface area contributed by atoms with Gasteiger partial charge in [-0.3, -0.25) is 14.6 Å². The molecule has 1 saturated heterocycles. The molecule has 2 aromatic carbocycles. The normalized spacial score (nSPS) is 17.2. The third kappa shape index (κ3) is 5.25. The van der Waals surface area contributed by atoms with E-state index >= 15 is 0 Å². The maximum atomic E-state index is 13.0. The SMILES string of the molecule is O=C(c1ccc(Nc2nccc(-c3ccc(Cl)cc3)n2)cc1)N1CCN(C(=O)C2CNC=N2)CC1. The van der Waals surface area contributed by atoms with E-state index in [-0.39, 0.29) is 17.9 Å². The standard InChI is InChI=1S/C25H24ClN7O2/c26-19-5-1-17(2-6-19)21-9-10-28-25(31-21)30-20-7-3-18(4-8-20)23(34)32-11-13-33(14-12-32)24(35)22-15-27-16-29-22/h1-10,16,22H,11-15H2,(H,27,29)(H,28,30,31). The summed E-state index contributed by atoms with van der Waals surface area (Å²) < 4.78 is 0. The molecule has 3 heterocycles. The maximum Gasteiger partial charge on any atom is 0.253 e. The van der Waals surface area contributed by atoms with Crippen molar-refractivity contribution in [3.8, 4) is 11.3 Å². The Morgan fingerprint density at radius 2 is 1.66 bits per heavy atom. The van der Waals surface area contributed by atoms with Gasteiger partial charge in [0.05, 0.1) is 12.0 Å². The highest BCUT2D eigenvalue weighted by Crippen LogP contribution is 2.22. The van der Waals surface area contributed by atoms with Crippen molar-refractivity contribution in [3.05, 3.63) is 71.4 Å². The zero-order valence-corrected chi connectivity index (χ0v) is 19.7. The van der Waals surface area contributed by atoms with E-state index in [0.29, 0.717) is 49.3 Å². The molecule has 5 rings (SSSR count). The van der Waals surface area contributed by atoms with Crippen LogP contribution >= 0.6 is 11.6 Å². The van der Waals surface area contributed by atoms with Gasteiger partial charge in [0.2, 0.25) is 11.9 Å².